The molecule has 6 fully saturated rings. The van der Waals surface area contributed by atoms with Crippen molar-refractivity contribution < 1.29 is 33.2 Å². The Bertz CT molecular complexity index is 778. The van der Waals surface area contributed by atoms with Crippen molar-refractivity contribution in [2.75, 3.05) is 13.7 Å². The third kappa shape index (κ3) is 2.22. The Morgan fingerprint density at radius 1 is 1.20 bits per heavy atom. The van der Waals surface area contributed by atoms with Gasteiger partial charge >= 0.3 is 5.97 Å². The molecule has 7 aliphatic rings. The van der Waals surface area contributed by atoms with Crippen LogP contribution in [0.2, 0.25) is 0 Å². The van der Waals surface area contributed by atoms with E-state index < -0.39 is 11.7 Å². The van der Waals surface area contributed by atoms with E-state index in [0.29, 0.717) is 18.4 Å². The van der Waals surface area contributed by atoms with Crippen molar-refractivity contribution in [3.8, 4) is 0 Å². The average Bonchev–Trinajstić information content (AvgIpc) is 3.12. The molecule has 0 radical (unpaired) electrons. The van der Waals surface area contributed by atoms with E-state index >= 15 is 0 Å². The molecule has 7 heteroatoms. The zero-order chi connectivity index (χ0) is 20.9. The monoisotopic (exact) mass is 420 g/mol. The summed E-state index contributed by atoms with van der Waals surface area (Å²) in [7, 11) is 1.70. The van der Waals surface area contributed by atoms with Crippen LogP contribution < -0.4 is 0 Å². The maximum absolute atomic E-state index is 12.1. The van der Waals surface area contributed by atoms with E-state index in [4.69, 9.17) is 28.4 Å². The molecule has 7 nitrogen and oxygen atoms in total. The molecule has 2 spiro atoms. The van der Waals surface area contributed by atoms with Gasteiger partial charge in [-0.3, -0.25) is 4.79 Å². The van der Waals surface area contributed by atoms with E-state index in [0.717, 1.165) is 25.7 Å². The lowest BCUT2D eigenvalue weighted by Crippen LogP contribution is -2.76. The van der Waals surface area contributed by atoms with E-state index in [1.54, 1.807) is 13.4 Å². The van der Waals surface area contributed by atoms with Crippen molar-refractivity contribution in [2.24, 2.45) is 28.6 Å². The summed E-state index contributed by atoms with van der Waals surface area (Å²) >= 11 is 0. The first-order chi connectivity index (χ1) is 14.3. The number of hydrogen-bond donors (Lipinski definition) is 0. The smallest absolute Gasteiger partial charge is 0.302 e. The Morgan fingerprint density at radius 3 is 2.67 bits per heavy atom. The van der Waals surface area contributed by atoms with Gasteiger partial charge in [0.25, 0.3) is 0 Å². The quantitative estimate of drug-likeness (QED) is 0.513. The summed E-state index contributed by atoms with van der Waals surface area (Å²) in [5.41, 5.74) is -0.997. The molecule has 2 saturated carbocycles. The molecule has 0 unspecified atom stereocenters. The van der Waals surface area contributed by atoms with Crippen LogP contribution in [0, 0.1) is 28.6 Å². The van der Waals surface area contributed by atoms with Gasteiger partial charge < -0.3 is 28.4 Å². The summed E-state index contributed by atoms with van der Waals surface area (Å²) in [6, 6.07) is 0. The lowest BCUT2D eigenvalue weighted by Gasteiger charge is -2.69. The zero-order valence-electron chi connectivity index (χ0n) is 18.2. The fraction of sp³-hybridized carbons (Fsp3) is 0.870. The number of rotatable bonds is 3. The molecule has 2 aliphatic carbocycles. The lowest BCUT2D eigenvalue weighted by molar-refractivity contribution is -0.380. The second-order valence-electron chi connectivity index (χ2n) is 10.5. The molecule has 0 aromatic carbocycles. The summed E-state index contributed by atoms with van der Waals surface area (Å²) in [6.45, 7) is 6.82. The first-order valence-electron chi connectivity index (χ1n) is 11.3. The predicted molar refractivity (Wildman–Crippen MR) is 104 cm³/mol. The second kappa shape index (κ2) is 6.21. The molecule has 0 amide bonds. The van der Waals surface area contributed by atoms with Crippen LogP contribution in [-0.2, 0) is 33.2 Å². The van der Waals surface area contributed by atoms with Crippen molar-refractivity contribution in [3.05, 3.63) is 12.3 Å². The van der Waals surface area contributed by atoms with E-state index in [1.807, 2.05) is 0 Å². The van der Waals surface area contributed by atoms with Crippen molar-refractivity contribution in [1.29, 1.82) is 0 Å². The van der Waals surface area contributed by atoms with Crippen LogP contribution in [0.5, 0.6) is 0 Å². The van der Waals surface area contributed by atoms with Gasteiger partial charge in [-0.1, -0.05) is 13.8 Å². The molecule has 5 aliphatic heterocycles. The van der Waals surface area contributed by atoms with Gasteiger partial charge in [-0.05, 0) is 37.2 Å². The molecule has 0 aromatic rings. The topological polar surface area (TPSA) is 75.8 Å². The Kier molecular flexibility index (Phi) is 4.04. The minimum atomic E-state index is -0.527. The molecule has 30 heavy (non-hydrogen) atoms. The van der Waals surface area contributed by atoms with Crippen molar-refractivity contribution in [2.45, 2.75) is 82.9 Å². The van der Waals surface area contributed by atoms with Gasteiger partial charge in [-0.15, -0.1) is 0 Å². The van der Waals surface area contributed by atoms with E-state index in [9.17, 15) is 4.79 Å². The van der Waals surface area contributed by atoms with Crippen LogP contribution >= 0.6 is 0 Å². The summed E-state index contributed by atoms with van der Waals surface area (Å²) in [5, 5.41) is 0. The van der Waals surface area contributed by atoms with Crippen LogP contribution in [-0.4, -0.2) is 56.2 Å². The number of carbonyl (C=O) groups excluding carboxylic acids is 1. The first-order valence-corrected chi connectivity index (χ1v) is 11.3. The fourth-order valence-electron chi connectivity index (χ4n) is 7.92. The highest BCUT2D eigenvalue weighted by atomic mass is 16.7. The molecule has 2 bridgehead atoms. The number of epoxide rings is 1. The van der Waals surface area contributed by atoms with Crippen LogP contribution in [0.4, 0.5) is 0 Å². The molecular formula is C23H32O7. The standard InChI is InChI=1S/C23H32O7/c1-12-7-18(28-13(2)24)23-16(9-15(29-20(23)25-4)10-22(23)11-27-22)21(12,3)17-8-14-5-6-26-19(14)30-17/h5-6,12,14-20H,7-11H2,1-4H3/t12-,14-,15-,16-,17+,18+,19+,20-,21+,22+,23+/m1/s1. The molecular weight excluding hydrogens is 388 g/mol. The summed E-state index contributed by atoms with van der Waals surface area (Å²) in [4.78, 5) is 12.1. The number of carbonyl (C=O) groups is 1. The molecule has 11 atom stereocenters. The Morgan fingerprint density at radius 2 is 2.00 bits per heavy atom. The van der Waals surface area contributed by atoms with Gasteiger partial charge in [0.05, 0.1) is 30.5 Å². The minimum Gasteiger partial charge on any atom is -0.472 e. The fourth-order valence-corrected chi connectivity index (χ4v) is 7.92. The average molecular weight is 421 g/mol. The Balaban J connectivity index is 1.47. The molecule has 4 saturated heterocycles. The van der Waals surface area contributed by atoms with Crippen molar-refractivity contribution in [3.63, 3.8) is 0 Å². The van der Waals surface area contributed by atoms with Crippen molar-refractivity contribution in [1.82, 2.24) is 0 Å². The third-order valence-corrected chi connectivity index (χ3v) is 9.42. The van der Waals surface area contributed by atoms with Crippen LogP contribution in [0.1, 0.15) is 46.5 Å². The van der Waals surface area contributed by atoms with Gasteiger partial charge in [0.1, 0.15) is 11.7 Å². The van der Waals surface area contributed by atoms with Gasteiger partial charge in [-0.25, -0.2) is 0 Å². The first kappa shape index (κ1) is 19.5. The minimum absolute atomic E-state index is 0.0697. The third-order valence-electron chi connectivity index (χ3n) is 9.42. The summed E-state index contributed by atoms with van der Waals surface area (Å²) in [5.74, 6) is 0.554. The van der Waals surface area contributed by atoms with Gasteiger partial charge in [0.15, 0.2) is 6.29 Å². The summed E-state index contributed by atoms with van der Waals surface area (Å²) in [6.07, 6.45) is 6.57. The van der Waals surface area contributed by atoms with Crippen molar-refractivity contribution >= 4 is 5.97 Å². The summed E-state index contributed by atoms with van der Waals surface area (Å²) < 4.78 is 36.8. The van der Waals surface area contributed by atoms with Crippen LogP contribution in [0.15, 0.2) is 12.3 Å². The largest absolute Gasteiger partial charge is 0.472 e. The maximum atomic E-state index is 12.1. The SMILES string of the molecule is CO[C@@H]1O[C@@H]2C[C@@H]3[C@@](C)([C@@H]4C[C@H]5C=CO[C@H]5O4)[C@H](C)C[C@H](OC(C)=O)[C@]13[C@@]1(CO1)C2. The second-order valence-corrected chi connectivity index (χ2v) is 10.5. The van der Waals surface area contributed by atoms with E-state index in [2.05, 4.69) is 19.9 Å². The highest BCUT2D eigenvalue weighted by Gasteiger charge is 2.82. The number of hydrogen-bond acceptors (Lipinski definition) is 7. The van der Waals surface area contributed by atoms with Gasteiger partial charge in [-0.2, -0.15) is 0 Å². The Hall–Kier alpha value is -1.15. The molecule has 5 heterocycles. The van der Waals surface area contributed by atoms with E-state index in [1.165, 1.54) is 6.92 Å². The van der Waals surface area contributed by atoms with Gasteiger partial charge in [0, 0.05) is 31.8 Å². The van der Waals surface area contributed by atoms with Crippen LogP contribution in [0.25, 0.3) is 0 Å². The maximum Gasteiger partial charge on any atom is 0.302 e. The highest BCUT2D eigenvalue weighted by molar-refractivity contribution is 5.66. The molecule has 0 N–H and O–H groups in total. The van der Waals surface area contributed by atoms with E-state index in [-0.39, 0.29) is 47.5 Å². The number of ether oxygens (including phenoxy) is 6. The lowest BCUT2D eigenvalue weighted by atomic mass is 9.40. The Labute approximate surface area is 177 Å². The predicted octanol–water partition coefficient (Wildman–Crippen LogP) is 2.78. The van der Waals surface area contributed by atoms with Crippen LogP contribution in [0.3, 0.4) is 0 Å². The van der Waals surface area contributed by atoms with Gasteiger partial charge in [0.2, 0.25) is 6.29 Å². The molecule has 7 rings (SSSR count). The number of methoxy groups -OCH3 is 1. The number of fused-ring (bicyclic) bond motifs is 2. The zero-order valence-corrected chi connectivity index (χ0v) is 18.2. The normalized spacial score (nSPS) is 57.7. The number of esters is 1. The molecule has 166 valence electrons. The molecule has 0 aromatic heterocycles. The highest BCUT2D eigenvalue weighted by Crippen LogP contribution is 2.74.